The van der Waals surface area contributed by atoms with Crippen molar-refractivity contribution in [2.45, 2.75) is 34.1 Å². The molecule has 0 radical (unpaired) electrons. The number of Topliss-reactive ketones (excluding diaryl/α,β-unsaturated/α-hetero) is 1. The van der Waals surface area contributed by atoms with Gasteiger partial charge in [0, 0.05) is 11.3 Å². The lowest BCUT2D eigenvalue weighted by molar-refractivity contribution is -0.128. The van der Waals surface area contributed by atoms with Gasteiger partial charge in [-0.3, -0.25) is 4.79 Å². The van der Waals surface area contributed by atoms with Crippen LogP contribution in [-0.4, -0.2) is 5.78 Å². The van der Waals surface area contributed by atoms with Crippen molar-refractivity contribution in [1.29, 1.82) is 0 Å². The van der Waals surface area contributed by atoms with Gasteiger partial charge in [-0.05, 0) is 35.6 Å². The van der Waals surface area contributed by atoms with E-state index in [1.54, 1.807) is 0 Å². The minimum absolute atomic E-state index is 0.173. The second kappa shape index (κ2) is 8.11. The molecule has 0 N–H and O–H groups in total. The van der Waals surface area contributed by atoms with E-state index in [4.69, 9.17) is 0 Å². The Morgan fingerprint density at radius 3 is 1.92 bits per heavy atom. The average Bonchev–Trinajstić information content (AvgIpc) is 2.61. The molecule has 0 fully saturated rings. The summed E-state index contributed by atoms with van der Waals surface area (Å²) in [5, 5.41) is 0. The summed E-state index contributed by atoms with van der Waals surface area (Å²) in [4.78, 5) is 13.0. The van der Waals surface area contributed by atoms with E-state index in [9.17, 15) is 4.79 Å². The number of carbonyl (C=O) groups excluding carboxylic acids is 1. The number of benzene rings is 2. The molecule has 0 saturated heterocycles. The molecule has 2 rings (SSSR count). The van der Waals surface area contributed by atoms with E-state index < -0.39 is 0 Å². The van der Waals surface area contributed by atoms with Gasteiger partial charge in [0.25, 0.3) is 0 Å². The minimum Gasteiger partial charge on any atom is -0.298 e. The zero-order chi connectivity index (χ0) is 18.4. The maximum absolute atomic E-state index is 13.0. The molecular weight excluding hydrogens is 304 g/mol. The third-order valence-electron chi connectivity index (χ3n) is 4.40. The third kappa shape index (κ3) is 5.29. The first-order valence-corrected chi connectivity index (χ1v) is 8.80. The van der Waals surface area contributed by atoms with E-state index in [2.05, 4.69) is 43.8 Å². The molecule has 0 spiro atoms. The largest absolute Gasteiger partial charge is 0.298 e. The summed E-state index contributed by atoms with van der Waals surface area (Å²) < 4.78 is 0. The summed E-state index contributed by atoms with van der Waals surface area (Å²) in [6, 6.07) is 20.3. The molecule has 1 nitrogen and oxygen atoms in total. The fourth-order valence-corrected chi connectivity index (χ4v) is 2.94. The summed E-state index contributed by atoms with van der Waals surface area (Å²) in [7, 11) is 0. The average molecular weight is 332 g/mol. The number of ketones is 1. The lowest BCUT2D eigenvalue weighted by Gasteiger charge is -2.24. The van der Waals surface area contributed by atoms with Gasteiger partial charge in [0.1, 0.15) is 5.78 Å². The molecule has 2 aromatic carbocycles. The van der Waals surface area contributed by atoms with Crippen molar-refractivity contribution >= 4 is 16.9 Å². The third-order valence-corrected chi connectivity index (χ3v) is 4.40. The van der Waals surface area contributed by atoms with Crippen molar-refractivity contribution < 1.29 is 4.79 Å². The predicted octanol–water partition coefficient (Wildman–Crippen LogP) is 6.42. The fourth-order valence-electron chi connectivity index (χ4n) is 2.94. The van der Waals surface area contributed by atoms with Crippen LogP contribution in [0.3, 0.4) is 0 Å². The van der Waals surface area contributed by atoms with Gasteiger partial charge >= 0.3 is 0 Å². The van der Waals surface area contributed by atoms with Crippen LogP contribution in [0.5, 0.6) is 0 Å². The molecule has 1 unspecified atom stereocenters. The quantitative estimate of drug-likeness (QED) is 0.596. The highest BCUT2D eigenvalue weighted by molar-refractivity contribution is 5.90. The van der Waals surface area contributed by atoms with E-state index in [0.29, 0.717) is 6.42 Å². The summed E-state index contributed by atoms with van der Waals surface area (Å²) in [5.41, 5.74) is 4.00. The van der Waals surface area contributed by atoms with Gasteiger partial charge < -0.3 is 0 Å². The number of hydrogen-bond acceptors (Lipinski definition) is 1. The monoisotopic (exact) mass is 332 g/mol. The SMILES string of the molecule is C=C(CC(/C=C(/C)c1ccccc1)C(=O)C(C)(C)C)c1ccccc1. The van der Waals surface area contributed by atoms with Crippen molar-refractivity contribution in [1.82, 2.24) is 0 Å². The highest BCUT2D eigenvalue weighted by Crippen LogP contribution is 2.30. The van der Waals surface area contributed by atoms with Crippen LogP contribution in [0, 0.1) is 11.3 Å². The van der Waals surface area contributed by atoms with Gasteiger partial charge in [0.05, 0.1) is 0 Å². The Labute approximate surface area is 152 Å². The van der Waals surface area contributed by atoms with Gasteiger partial charge in [-0.25, -0.2) is 0 Å². The molecule has 1 heteroatoms. The van der Waals surface area contributed by atoms with Gasteiger partial charge in [0.2, 0.25) is 0 Å². The molecule has 25 heavy (non-hydrogen) atoms. The molecule has 0 aliphatic rings. The minimum atomic E-state index is -0.380. The van der Waals surface area contributed by atoms with Crippen molar-refractivity contribution in [2.24, 2.45) is 11.3 Å². The van der Waals surface area contributed by atoms with E-state index in [-0.39, 0.29) is 17.1 Å². The molecule has 0 saturated carbocycles. The van der Waals surface area contributed by atoms with Crippen LogP contribution < -0.4 is 0 Å². The maximum atomic E-state index is 13.0. The van der Waals surface area contributed by atoms with Crippen molar-refractivity contribution in [3.63, 3.8) is 0 Å². The number of carbonyl (C=O) groups is 1. The van der Waals surface area contributed by atoms with Crippen LogP contribution >= 0.6 is 0 Å². The van der Waals surface area contributed by atoms with Gasteiger partial charge in [-0.1, -0.05) is 94.1 Å². The second-order valence-electron chi connectivity index (χ2n) is 7.61. The Hall–Kier alpha value is -2.41. The second-order valence-corrected chi connectivity index (χ2v) is 7.61. The van der Waals surface area contributed by atoms with Crippen LogP contribution in [0.15, 0.2) is 73.3 Å². The number of rotatable bonds is 6. The summed E-state index contributed by atoms with van der Waals surface area (Å²) in [6.07, 6.45) is 2.75. The molecule has 0 bridgehead atoms. The number of allylic oxidation sites excluding steroid dienone is 3. The molecule has 130 valence electrons. The van der Waals surface area contributed by atoms with Crippen molar-refractivity contribution in [3.05, 3.63) is 84.4 Å². The molecule has 0 aliphatic carbocycles. The smallest absolute Gasteiger partial charge is 0.145 e. The van der Waals surface area contributed by atoms with Crippen LogP contribution in [0.25, 0.3) is 11.1 Å². The molecule has 0 amide bonds. The first-order valence-electron chi connectivity index (χ1n) is 8.80. The lowest BCUT2D eigenvalue weighted by atomic mass is 9.78. The number of hydrogen-bond donors (Lipinski definition) is 0. The molecule has 0 aliphatic heterocycles. The van der Waals surface area contributed by atoms with Gasteiger partial charge in [0.15, 0.2) is 0 Å². The van der Waals surface area contributed by atoms with Crippen LogP contribution in [-0.2, 0) is 4.79 Å². The van der Waals surface area contributed by atoms with Gasteiger partial charge in [-0.2, -0.15) is 0 Å². The normalized spacial score (nSPS) is 13.4. The Morgan fingerprint density at radius 1 is 0.960 bits per heavy atom. The van der Waals surface area contributed by atoms with E-state index >= 15 is 0 Å². The van der Waals surface area contributed by atoms with Crippen LogP contribution in [0.1, 0.15) is 45.2 Å². The summed E-state index contributed by atoms with van der Waals surface area (Å²) >= 11 is 0. The Kier molecular flexibility index (Phi) is 6.14. The first-order chi connectivity index (χ1) is 11.8. The Morgan fingerprint density at radius 2 is 1.44 bits per heavy atom. The van der Waals surface area contributed by atoms with Crippen LogP contribution in [0.2, 0.25) is 0 Å². The predicted molar refractivity (Wildman–Crippen MR) is 108 cm³/mol. The van der Waals surface area contributed by atoms with E-state index in [1.807, 2.05) is 57.2 Å². The molecule has 0 heterocycles. The standard InChI is InChI=1S/C24H28O/c1-18(20-12-8-6-9-13-20)16-22(23(25)24(3,4)5)17-19(2)21-14-10-7-11-15-21/h6-15,17,22H,1,16H2,2-5H3/b19-17-. The highest BCUT2D eigenvalue weighted by atomic mass is 16.1. The summed E-state index contributed by atoms with van der Waals surface area (Å²) in [6.45, 7) is 12.3. The van der Waals surface area contributed by atoms with Gasteiger partial charge in [-0.15, -0.1) is 0 Å². The van der Waals surface area contributed by atoms with Crippen LogP contribution in [0.4, 0.5) is 0 Å². The maximum Gasteiger partial charge on any atom is 0.145 e. The Bertz CT molecular complexity index is 746. The zero-order valence-corrected chi connectivity index (χ0v) is 15.8. The van der Waals surface area contributed by atoms with E-state index in [1.165, 1.54) is 0 Å². The fraction of sp³-hybridized carbons (Fsp3) is 0.292. The zero-order valence-electron chi connectivity index (χ0n) is 15.8. The topological polar surface area (TPSA) is 17.1 Å². The Balaban J connectivity index is 2.31. The molecular formula is C24H28O. The first kappa shape index (κ1) is 18.9. The van der Waals surface area contributed by atoms with Crippen molar-refractivity contribution in [2.75, 3.05) is 0 Å². The molecule has 1 atom stereocenters. The van der Waals surface area contributed by atoms with Crippen molar-refractivity contribution in [3.8, 4) is 0 Å². The van der Waals surface area contributed by atoms with E-state index in [0.717, 1.165) is 22.3 Å². The molecule has 0 aromatic heterocycles. The highest BCUT2D eigenvalue weighted by Gasteiger charge is 2.29. The summed E-state index contributed by atoms with van der Waals surface area (Å²) in [5.74, 6) is 0.0766. The lowest BCUT2D eigenvalue weighted by Crippen LogP contribution is -2.27. The molecule has 2 aromatic rings.